The van der Waals surface area contributed by atoms with Gasteiger partial charge in [0.25, 0.3) is 0 Å². The van der Waals surface area contributed by atoms with Gasteiger partial charge in [-0.05, 0) is 17.7 Å². The van der Waals surface area contributed by atoms with Gasteiger partial charge in [0, 0.05) is 11.8 Å². The third-order valence-electron chi connectivity index (χ3n) is 2.43. The van der Waals surface area contributed by atoms with E-state index in [2.05, 4.69) is 9.82 Å². The van der Waals surface area contributed by atoms with E-state index in [0.717, 1.165) is 22.0 Å². The molecule has 2 aromatic rings. The van der Waals surface area contributed by atoms with Crippen LogP contribution in [0.3, 0.4) is 0 Å². The molecule has 0 bridgehead atoms. The van der Waals surface area contributed by atoms with E-state index in [9.17, 15) is 4.79 Å². The van der Waals surface area contributed by atoms with Crippen molar-refractivity contribution in [2.24, 2.45) is 5.84 Å². The summed E-state index contributed by atoms with van der Waals surface area (Å²) < 4.78 is 0. The molecule has 0 atom stereocenters. The lowest BCUT2D eigenvalue weighted by molar-refractivity contribution is -0.178. The van der Waals surface area contributed by atoms with Gasteiger partial charge in [0.15, 0.2) is 0 Å². The van der Waals surface area contributed by atoms with Gasteiger partial charge in [0.2, 0.25) is 0 Å². The van der Waals surface area contributed by atoms with Crippen molar-refractivity contribution in [2.45, 2.75) is 6.54 Å². The van der Waals surface area contributed by atoms with Crippen LogP contribution in [0.15, 0.2) is 48.7 Å². The fourth-order valence-electron chi connectivity index (χ4n) is 1.59. The maximum atomic E-state index is 10.1. The molecule has 0 saturated carbocycles. The number of carbonyl (C=O) groups is 1. The number of hydroxylamine groups is 1. The molecule has 0 saturated heterocycles. The Bertz CT molecular complexity index is 499. The molecular weight excluding hydrogens is 230 g/mol. The first-order chi connectivity index (χ1) is 8.79. The second kappa shape index (κ2) is 5.90. The minimum absolute atomic E-state index is 0.294. The van der Waals surface area contributed by atoms with E-state index in [0.29, 0.717) is 13.0 Å². The molecule has 1 aromatic heterocycles. The average Bonchev–Trinajstić information content (AvgIpc) is 2.41. The predicted octanol–water partition coefficient (Wildman–Crippen LogP) is 1.51. The molecule has 0 spiro atoms. The van der Waals surface area contributed by atoms with Crippen molar-refractivity contribution in [3.05, 3.63) is 54.2 Å². The summed E-state index contributed by atoms with van der Waals surface area (Å²) in [6.07, 6.45) is 1.75. The Hall–Kier alpha value is -2.24. The lowest BCUT2D eigenvalue weighted by Gasteiger charge is -2.12. The number of aromatic nitrogens is 1. The zero-order chi connectivity index (χ0) is 12.8. The third kappa shape index (κ3) is 3.13. The van der Waals surface area contributed by atoms with Crippen molar-refractivity contribution in [3.63, 3.8) is 0 Å². The largest absolute Gasteiger partial charge is 0.356 e. The molecule has 0 unspecified atom stereocenters. The van der Waals surface area contributed by atoms with Gasteiger partial charge in [0.05, 0.1) is 12.2 Å². The number of carbonyl (C=O) groups excluding carboxylic acids is 1. The Morgan fingerprint density at radius 3 is 2.61 bits per heavy atom. The molecule has 0 aliphatic rings. The minimum atomic E-state index is 0.294. The molecule has 0 aliphatic heterocycles. The second-order valence-electron chi connectivity index (χ2n) is 3.69. The highest BCUT2D eigenvalue weighted by Crippen LogP contribution is 2.17. The lowest BCUT2D eigenvalue weighted by Crippen LogP contribution is -2.29. The maximum absolute atomic E-state index is 10.1. The monoisotopic (exact) mass is 243 g/mol. The summed E-state index contributed by atoms with van der Waals surface area (Å²) in [6, 6.07) is 13.5. The van der Waals surface area contributed by atoms with E-state index in [1.165, 1.54) is 0 Å². The van der Waals surface area contributed by atoms with Gasteiger partial charge < -0.3 is 4.84 Å². The van der Waals surface area contributed by atoms with E-state index in [1.54, 1.807) is 6.20 Å². The minimum Gasteiger partial charge on any atom is -0.356 e. The summed E-state index contributed by atoms with van der Waals surface area (Å²) in [7, 11) is 0. The Kier molecular flexibility index (Phi) is 4.01. The average molecular weight is 243 g/mol. The first-order valence-electron chi connectivity index (χ1n) is 5.42. The van der Waals surface area contributed by atoms with Crippen LogP contribution in [-0.2, 0) is 16.2 Å². The summed E-state index contributed by atoms with van der Waals surface area (Å²) in [5, 5.41) is 0.975. The van der Waals surface area contributed by atoms with Gasteiger partial charge in [-0.25, -0.2) is 5.84 Å². The molecule has 0 radical (unpaired) electrons. The van der Waals surface area contributed by atoms with Crippen LogP contribution in [0.25, 0.3) is 11.3 Å². The first kappa shape index (κ1) is 12.2. The van der Waals surface area contributed by atoms with Crippen molar-refractivity contribution in [1.82, 2.24) is 10.2 Å². The molecule has 0 aliphatic carbocycles. The van der Waals surface area contributed by atoms with Gasteiger partial charge >= 0.3 is 6.47 Å². The van der Waals surface area contributed by atoms with E-state index >= 15 is 0 Å². The Morgan fingerprint density at radius 2 is 2.00 bits per heavy atom. The number of benzene rings is 1. The van der Waals surface area contributed by atoms with Gasteiger partial charge in [-0.1, -0.05) is 35.5 Å². The summed E-state index contributed by atoms with van der Waals surface area (Å²) >= 11 is 0. The molecule has 1 aromatic carbocycles. The highest BCUT2D eigenvalue weighted by atomic mass is 16.7. The fourth-order valence-corrected chi connectivity index (χ4v) is 1.59. The van der Waals surface area contributed by atoms with E-state index in [4.69, 9.17) is 5.84 Å². The Balaban J connectivity index is 2.08. The van der Waals surface area contributed by atoms with E-state index in [-0.39, 0.29) is 0 Å². The zero-order valence-corrected chi connectivity index (χ0v) is 9.69. The zero-order valence-electron chi connectivity index (χ0n) is 9.69. The van der Waals surface area contributed by atoms with E-state index < -0.39 is 0 Å². The number of nitrogens with two attached hydrogens (primary N) is 1. The third-order valence-corrected chi connectivity index (χ3v) is 2.43. The second-order valence-corrected chi connectivity index (χ2v) is 3.69. The summed E-state index contributed by atoms with van der Waals surface area (Å²) in [4.78, 5) is 18.8. The molecular formula is C13H13N3O2. The molecule has 0 amide bonds. The van der Waals surface area contributed by atoms with Crippen LogP contribution >= 0.6 is 0 Å². The van der Waals surface area contributed by atoms with Crippen LogP contribution in [0, 0.1) is 0 Å². The number of hydrogen-bond acceptors (Lipinski definition) is 5. The van der Waals surface area contributed by atoms with Gasteiger partial charge in [-0.2, -0.15) is 0 Å². The smallest absolute Gasteiger partial charge is 0.314 e. The molecule has 5 heteroatoms. The molecule has 92 valence electrons. The summed E-state index contributed by atoms with van der Waals surface area (Å²) in [5.41, 5.74) is 2.89. The topological polar surface area (TPSA) is 68.4 Å². The standard InChI is InChI=1S/C13H13N3O2/c14-16(18-10-17)9-11-4-6-12(7-5-11)13-3-1-2-8-15-13/h1-8,10H,9,14H2. The SMILES string of the molecule is NN(Cc1ccc(-c2ccccn2)cc1)OC=O. The number of pyridine rings is 1. The Morgan fingerprint density at radius 1 is 1.22 bits per heavy atom. The van der Waals surface area contributed by atoms with Crippen LogP contribution in [0.4, 0.5) is 0 Å². The van der Waals surface area contributed by atoms with Gasteiger partial charge in [-0.15, -0.1) is 0 Å². The van der Waals surface area contributed by atoms with Gasteiger partial charge in [0.1, 0.15) is 0 Å². The lowest BCUT2D eigenvalue weighted by atomic mass is 10.1. The maximum Gasteiger partial charge on any atom is 0.314 e. The Labute approximate surface area is 105 Å². The van der Waals surface area contributed by atoms with Crippen LogP contribution < -0.4 is 5.84 Å². The fraction of sp³-hybridized carbons (Fsp3) is 0.0769. The van der Waals surface area contributed by atoms with E-state index in [1.807, 2.05) is 42.5 Å². The van der Waals surface area contributed by atoms with Gasteiger partial charge in [-0.3, -0.25) is 9.78 Å². The highest BCUT2D eigenvalue weighted by Gasteiger charge is 2.02. The van der Waals surface area contributed by atoms with Crippen molar-refractivity contribution in [3.8, 4) is 11.3 Å². The quantitative estimate of drug-likeness (QED) is 0.490. The number of hydrogen-bond donors (Lipinski definition) is 1. The molecule has 2 N–H and O–H groups in total. The molecule has 5 nitrogen and oxygen atoms in total. The summed E-state index contributed by atoms with van der Waals surface area (Å²) in [6.45, 7) is 0.628. The number of nitrogens with zero attached hydrogens (tertiary/aromatic N) is 2. The predicted molar refractivity (Wildman–Crippen MR) is 66.6 cm³/mol. The van der Waals surface area contributed by atoms with Crippen molar-refractivity contribution in [2.75, 3.05) is 0 Å². The first-order valence-corrected chi connectivity index (χ1v) is 5.42. The van der Waals surface area contributed by atoms with Crippen molar-refractivity contribution >= 4 is 6.47 Å². The molecule has 2 rings (SSSR count). The number of hydrazine groups is 1. The molecule has 18 heavy (non-hydrogen) atoms. The van der Waals surface area contributed by atoms with Crippen LogP contribution in [0.1, 0.15) is 5.56 Å². The van der Waals surface area contributed by atoms with Crippen molar-refractivity contribution in [1.29, 1.82) is 0 Å². The highest BCUT2D eigenvalue weighted by molar-refractivity contribution is 5.58. The van der Waals surface area contributed by atoms with Crippen LogP contribution in [-0.4, -0.2) is 16.6 Å². The van der Waals surface area contributed by atoms with Crippen molar-refractivity contribution < 1.29 is 9.63 Å². The van der Waals surface area contributed by atoms with Crippen LogP contribution in [0.2, 0.25) is 0 Å². The van der Waals surface area contributed by atoms with Crippen LogP contribution in [0.5, 0.6) is 0 Å². The molecule has 0 fully saturated rings. The number of rotatable bonds is 5. The molecule has 1 heterocycles. The normalized spacial score (nSPS) is 10.3. The summed E-state index contributed by atoms with van der Waals surface area (Å²) in [5.74, 6) is 5.43.